The molecule has 72 valence electrons. The molecule has 0 saturated heterocycles. The molecule has 1 atom stereocenters. The number of fused-ring (bicyclic) bond motifs is 3. The van der Waals surface area contributed by atoms with Crippen LogP contribution in [-0.4, -0.2) is 9.55 Å². The zero-order valence-corrected chi connectivity index (χ0v) is 8.62. The molecule has 0 radical (unpaired) electrons. The summed E-state index contributed by atoms with van der Waals surface area (Å²) < 4.78 is 2.37. The first kappa shape index (κ1) is 8.04. The van der Waals surface area contributed by atoms with E-state index in [0.29, 0.717) is 5.92 Å². The predicted molar refractivity (Wildman–Crippen MR) is 57.5 cm³/mol. The van der Waals surface area contributed by atoms with Gasteiger partial charge in [0.25, 0.3) is 0 Å². The van der Waals surface area contributed by atoms with Crippen LogP contribution in [-0.2, 0) is 6.54 Å². The molecule has 1 unspecified atom stereocenters. The lowest BCUT2D eigenvalue weighted by atomic mass is 10.1. The standard InChI is InChI=1S/C12H14N2/c1-8-3-4-10-11(7-8)14-6-5-9(2)12(14)13-10/h3-4,7,9H,5-6H2,1-2H3. The minimum absolute atomic E-state index is 0.628. The summed E-state index contributed by atoms with van der Waals surface area (Å²) in [4.78, 5) is 4.68. The van der Waals surface area contributed by atoms with Crippen LogP contribution in [0.3, 0.4) is 0 Å². The van der Waals surface area contributed by atoms with E-state index in [1.807, 2.05) is 0 Å². The summed E-state index contributed by atoms with van der Waals surface area (Å²) in [5.41, 5.74) is 3.78. The molecule has 1 aromatic heterocycles. The number of aryl methyl sites for hydroxylation is 2. The van der Waals surface area contributed by atoms with Crippen LogP contribution in [0.2, 0.25) is 0 Å². The van der Waals surface area contributed by atoms with Crippen molar-refractivity contribution in [3.63, 3.8) is 0 Å². The lowest BCUT2D eigenvalue weighted by molar-refractivity contribution is 0.709. The summed E-state index contributed by atoms with van der Waals surface area (Å²) in [7, 11) is 0. The van der Waals surface area contributed by atoms with Gasteiger partial charge in [0, 0.05) is 12.5 Å². The fourth-order valence-electron chi connectivity index (χ4n) is 2.31. The quantitative estimate of drug-likeness (QED) is 0.618. The zero-order chi connectivity index (χ0) is 9.71. The van der Waals surface area contributed by atoms with Crippen LogP contribution < -0.4 is 0 Å². The molecular formula is C12H14N2. The first-order valence-electron chi connectivity index (χ1n) is 5.22. The van der Waals surface area contributed by atoms with Gasteiger partial charge in [-0.15, -0.1) is 0 Å². The molecule has 3 rings (SSSR count). The highest BCUT2D eigenvalue weighted by Crippen LogP contribution is 2.31. The van der Waals surface area contributed by atoms with Crippen LogP contribution in [0.25, 0.3) is 11.0 Å². The Labute approximate surface area is 83.6 Å². The summed E-state index contributed by atoms with van der Waals surface area (Å²) in [5.74, 6) is 1.90. The second-order valence-corrected chi connectivity index (χ2v) is 4.30. The Morgan fingerprint density at radius 3 is 3.14 bits per heavy atom. The Morgan fingerprint density at radius 1 is 1.43 bits per heavy atom. The molecule has 0 spiro atoms. The molecule has 2 heteroatoms. The predicted octanol–water partition coefficient (Wildman–Crippen LogP) is 2.85. The van der Waals surface area contributed by atoms with Crippen molar-refractivity contribution >= 4 is 11.0 Å². The molecule has 0 aliphatic carbocycles. The van der Waals surface area contributed by atoms with E-state index in [4.69, 9.17) is 0 Å². The Bertz CT molecular complexity index is 496. The van der Waals surface area contributed by atoms with E-state index < -0.39 is 0 Å². The highest BCUT2D eigenvalue weighted by molar-refractivity contribution is 5.77. The van der Waals surface area contributed by atoms with Crippen molar-refractivity contribution in [1.29, 1.82) is 0 Å². The first-order chi connectivity index (χ1) is 6.75. The minimum Gasteiger partial charge on any atom is -0.328 e. The van der Waals surface area contributed by atoms with Gasteiger partial charge in [-0.3, -0.25) is 0 Å². The number of hydrogen-bond acceptors (Lipinski definition) is 1. The first-order valence-corrected chi connectivity index (χ1v) is 5.22. The van der Waals surface area contributed by atoms with Crippen molar-refractivity contribution in [3.8, 4) is 0 Å². The average molecular weight is 186 g/mol. The van der Waals surface area contributed by atoms with Crippen molar-refractivity contribution in [2.75, 3.05) is 0 Å². The molecule has 1 aliphatic rings. The number of rotatable bonds is 0. The molecule has 1 aromatic carbocycles. The van der Waals surface area contributed by atoms with E-state index in [0.717, 1.165) is 12.1 Å². The van der Waals surface area contributed by atoms with Gasteiger partial charge in [0.1, 0.15) is 5.82 Å². The van der Waals surface area contributed by atoms with Crippen LogP contribution in [0, 0.1) is 6.92 Å². The number of hydrogen-bond donors (Lipinski definition) is 0. The lowest BCUT2D eigenvalue weighted by Gasteiger charge is -1.98. The fourth-order valence-corrected chi connectivity index (χ4v) is 2.31. The van der Waals surface area contributed by atoms with Gasteiger partial charge in [0.15, 0.2) is 0 Å². The normalized spacial score (nSPS) is 20.3. The van der Waals surface area contributed by atoms with Crippen LogP contribution in [0.5, 0.6) is 0 Å². The summed E-state index contributed by atoms with van der Waals surface area (Å²) in [5, 5.41) is 0. The zero-order valence-electron chi connectivity index (χ0n) is 8.62. The average Bonchev–Trinajstić information content (AvgIpc) is 2.67. The monoisotopic (exact) mass is 186 g/mol. The van der Waals surface area contributed by atoms with Gasteiger partial charge in [0.2, 0.25) is 0 Å². The SMILES string of the molecule is Cc1ccc2nc3n(c2c1)CCC3C. The second-order valence-electron chi connectivity index (χ2n) is 4.30. The number of imidazole rings is 1. The number of aromatic nitrogens is 2. The van der Waals surface area contributed by atoms with E-state index >= 15 is 0 Å². The van der Waals surface area contributed by atoms with Crippen LogP contribution in [0.4, 0.5) is 0 Å². The van der Waals surface area contributed by atoms with Crippen molar-refractivity contribution < 1.29 is 0 Å². The topological polar surface area (TPSA) is 17.8 Å². The molecule has 0 fully saturated rings. The Morgan fingerprint density at radius 2 is 2.29 bits per heavy atom. The molecule has 14 heavy (non-hydrogen) atoms. The third-order valence-electron chi connectivity index (χ3n) is 3.16. The second kappa shape index (κ2) is 2.59. The highest BCUT2D eigenvalue weighted by Gasteiger charge is 2.22. The molecular weight excluding hydrogens is 172 g/mol. The summed E-state index contributed by atoms with van der Waals surface area (Å²) in [6.07, 6.45) is 1.24. The molecule has 1 aliphatic heterocycles. The maximum atomic E-state index is 4.68. The molecule has 0 bridgehead atoms. The Kier molecular flexibility index (Phi) is 1.49. The summed E-state index contributed by atoms with van der Waals surface area (Å²) in [6.45, 7) is 5.53. The van der Waals surface area contributed by atoms with E-state index in [-0.39, 0.29) is 0 Å². The molecule has 2 heterocycles. The van der Waals surface area contributed by atoms with Gasteiger partial charge in [-0.05, 0) is 31.0 Å². The smallest absolute Gasteiger partial charge is 0.112 e. The van der Waals surface area contributed by atoms with Crippen molar-refractivity contribution in [2.45, 2.75) is 32.7 Å². The fraction of sp³-hybridized carbons (Fsp3) is 0.417. The summed E-state index contributed by atoms with van der Waals surface area (Å²) in [6, 6.07) is 6.50. The van der Waals surface area contributed by atoms with Crippen LogP contribution in [0.15, 0.2) is 18.2 Å². The highest BCUT2D eigenvalue weighted by atomic mass is 15.1. The Balaban J connectivity index is 2.36. The number of nitrogens with zero attached hydrogens (tertiary/aromatic N) is 2. The Hall–Kier alpha value is -1.31. The third-order valence-corrected chi connectivity index (χ3v) is 3.16. The van der Waals surface area contributed by atoms with Crippen LogP contribution in [0.1, 0.15) is 30.7 Å². The van der Waals surface area contributed by atoms with Crippen molar-refractivity contribution in [3.05, 3.63) is 29.6 Å². The van der Waals surface area contributed by atoms with Gasteiger partial charge in [0.05, 0.1) is 11.0 Å². The van der Waals surface area contributed by atoms with Crippen molar-refractivity contribution in [2.24, 2.45) is 0 Å². The van der Waals surface area contributed by atoms with Gasteiger partial charge in [-0.1, -0.05) is 13.0 Å². The van der Waals surface area contributed by atoms with Gasteiger partial charge < -0.3 is 4.57 Å². The molecule has 0 amide bonds. The summed E-state index contributed by atoms with van der Waals surface area (Å²) >= 11 is 0. The van der Waals surface area contributed by atoms with Crippen LogP contribution >= 0.6 is 0 Å². The lowest BCUT2D eigenvalue weighted by Crippen LogP contribution is -1.92. The van der Waals surface area contributed by atoms with Gasteiger partial charge in [-0.2, -0.15) is 0 Å². The van der Waals surface area contributed by atoms with E-state index in [1.165, 1.54) is 23.3 Å². The van der Waals surface area contributed by atoms with Gasteiger partial charge in [-0.25, -0.2) is 4.98 Å². The molecule has 2 aromatic rings. The van der Waals surface area contributed by atoms with E-state index in [2.05, 4.69) is 41.6 Å². The maximum Gasteiger partial charge on any atom is 0.112 e. The van der Waals surface area contributed by atoms with Crippen molar-refractivity contribution in [1.82, 2.24) is 9.55 Å². The molecule has 2 nitrogen and oxygen atoms in total. The van der Waals surface area contributed by atoms with Gasteiger partial charge >= 0.3 is 0 Å². The molecule has 0 saturated carbocycles. The molecule has 0 N–H and O–H groups in total. The maximum absolute atomic E-state index is 4.68. The minimum atomic E-state index is 0.628. The third kappa shape index (κ3) is 0.939. The number of benzene rings is 1. The van der Waals surface area contributed by atoms with E-state index in [1.54, 1.807) is 0 Å². The largest absolute Gasteiger partial charge is 0.328 e. The van der Waals surface area contributed by atoms with E-state index in [9.17, 15) is 0 Å².